The van der Waals surface area contributed by atoms with Crippen LogP contribution in [0.5, 0.6) is 0 Å². The van der Waals surface area contributed by atoms with Crippen molar-refractivity contribution < 1.29 is 56.8 Å². The Balaban J connectivity index is -0.000000291. The Hall–Kier alpha value is -0.290. The first-order valence-corrected chi connectivity index (χ1v) is 10.8. The Kier molecular flexibility index (Phi) is 12.0. The van der Waals surface area contributed by atoms with Gasteiger partial charge < -0.3 is 13.6 Å². The molecule has 0 aliphatic heterocycles. The molecule has 7 nitrogen and oxygen atoms in total. The highest BCUT2D eigenvalue weighted by atomic mass is 32.2. The van der Waals surface area contributed by atoms with E-state index >= 15 is 0 Å². The number of hydrogen-bond donors (Lipinski definition) is 0. The average Bonchev–Trinajstić information content (AvgIpc) is 2.21. The number of hydrogen-bond acceptors (Lipinski definition) is 6. The van der Waals surface area contributed by atoms with E-state index in [0.717, 1.165) is 4.48 Å². The third-order valence-electron chi connectivity index (χ3n) is 1.74. The molecular formula is C9H19F6NO6S3. The lowest BCUT2D eigenvalue weighted by Crippen LogP contribution is -2.38. The van der Waals surface area contributed by atoms with E-state index in [9.17, 15) is 26.3 Å². The number of alkyl halides is 6. The highest BCUT2D eigenvalue weighted by molar-refractivity contribution is 7.95. The van der Waals surface area contributed by atoms with Gasteiger partial charge in [0.25, 0.3) is 0 Å². The van der Waals surface area contributed by atoms with E-state index in [-0.39, 0.29) is 0 Å². The van der Waals surface area contributed by atoms with Gasteiger partial charge in [-0.3, -0.25) is 0 Å². The lowest BCUT2D eigenvalue weighted by atomic mass is 10.6. The summed E-state index contributed by atoms with van der Waals surface area (Å²) < 4.78 is 119. The molecule has 25 heavy (non-hydrogen) atoms. The molecule has 0 atom stereocenters. The Morgan fingerprint density at radius 1 is 0.800 bits per heavy atom. The molecule has 16 heteroatoms. The first-order valence-electron chi connectivity index (χ1n) is 5.81. The van der Waals surface area contributed by atoms with Crippen molar-refractivity contribution in [2.45, 2.75) is 11.0 Å². The minimum atomic E-state index is -6.09. The largest absolute Gasteiger partial charge is 0.741 e. The Labute approximate surface area is 145 Å². The molecule has 0 aromatic rings. The van der Waals surface area contributed by atoms with Crippen LogP contribution >= 0.6 is 0 Å². The highest BCUT2D eigenvalue weighted by Crippen LogP contribution is 2.21. The summed E-state index contributed by atoms with van der Waals surface area (Å²) in [6, 6.07) is 0. The van der Waals surface area contributed by atoms with Gasteiger partial charge in [0.1, 0.15) is 6.54 Å². The number of rotatable bonds is 3. The van der Waals surface area contributed by atoms with Gasteiger partial charge in [0.15, 0.2) is 26.0 Å². The van der Waals surface area contributed by atoms with Crippen LogP contribution in [0, 0.1) is 0 Å². The molecule has 0 saturated carbocycles. The van der Waals surface area contributed by atoms with Gasteiger partial charge in [-0.15, -0.1) is 0 Å². The standard InChI is InChI=1S/C7H19NS.2CHF3O3S/c1-8(2,3)6-7-9(4)5;2*2-1(3,4)8(5,6)7/h6-7H2,1-5H3;2*(H,5,6,7)/q+2;;/p-2. The van der Waals surface area contributed by atoms with E-state index in [2.05, 4.69) is 33.7 Å². The molecule has 0 spiro atoms. The zero-order valence-corrected chi connectivity index (χ0v) is 16.3. The summed E-state index contributed by atoms with van der Waals surface area (Å²) >= 11 is 0. The molecule has 0 saturated heterocycles. The van der Waals surface area contributed by atoms with Gasteiger partial charge in [0.2, 0.25) is 0 Å². The Morgan fingerprint density at radius 3 is 1.04 bits per heavy atom. The maximum Gasteiger partial charge on any atom is 0.485 e. The summed E-state index contributed by atoms with van der Waals surface area (Å²) in [7, 11) is -4.83. The quantitative estimate of drug-likeness (QED) is 0.207. The SMILES string of the molecule is C[S+](C)CC[N+](C)(C)C.O=S(=O)([O-])C(F)(F)F.O=S(=O)([O-])C(F)(F)F. The minimum absolute atomic E-state index is 0.622. The zero-order valence-electron chi connectivity index (χ0n) is 13.8. The molecule has 0 aliphatic carbocycles. The van der Waals surface area contributed by atoms with E-state index in [1.54, 1.807) is 0 Å². The molecule has 0 heterocycles. The van der Waals surface area contributed by atoms with Gasteiger partial charge >= 0.3 is 11.0 Å². The van der Waals surface area contributed by atoms with E-state index in [1.165, 1.54) is 12.3 Å². The van der Waals surface area contributed by atoms with Gasteiger partial charge in [0, 0.05) is 0 Å². The van der Waals surface area contributed by atoms with Crippen molar-refractivity contribution in [3.63, 3.8) is 0 Å². The van der Waals surface area contributed by atoms with Crippen LogP contribution in [-0.4, -0.2) is 87.4 Å². The van der Waals surface area contributed by atoms with E-state index in [4.69, 9.17) is 25.9 Å². The molecule has 0 aromatic carbocycles. The van der Waals surface area contributed by atoms with Crippen molar-refractivity contribution in [1.29, 1.82) is 0 Å². The molecule has 0 N–H and O–H groups in total. The summed E-state index contributed by atoms with van der Waals surface area (Å²) in [5, 5.41) is 0. The van der Waals surface area contributed by atoms with Crippen molar-refractivity contribution in [3.8, 4) is 0 Å². The highest BCUT2D eigenvalue weighted by Gasteiger charge is 2.37. The topological polar surface area (TPSA) is 114 Å². The zero-order chi connectivity index (χ0) is 21.5. The molecule has 156 valence electrons. The predicted octanol–water partition coefficient (Wildman–Crippen LogP) is 0.673. The van der Waals surface area contributed by atoms with Crippen LogP contribution in [0.25, 0.3) is 0 Å². The molecule has 0 radical (unpaired) electrons. The van der Waals surface area contributed by atoms with Crippen LogP contribution in [0.2, 0.25) is 0 Å². The molecule has 0 aliphatic rings. The third-order valence-corrected chi connectivity index (χ3v) is 3.87. The summed E-state index contributed by atoms with van der Waals surface area (Å²) in [5.41, 5.74) is -11.3. The van der Waals surface area contributed by atoms with Crippen LogP contribution in [-0.2, 0) is 31.1 Å². The number of nitrogens with zero attached hydrogens (tertiary/aromatic N) is 1. The maximum absolute atomic E-state index is 10.7. The fourth-order valence-corrected chi connectivity index (χ4v) is 1.37. The van der Waals surface area contributed by atoms with Gasteiger partial charge in [-0.05, 0) is 10.9 Å². The van der Waals surface area contributed by atoms with Gasteiger partial charge in [0.05, 0.1) is 33.7 Å². The van der Waals surface area contributed by atoms with Crippen molar-refractivity contribution in [2.24, 2.45) is 0 Å². The van der Waals surface area contributed by atoms with E-state index in [0.29, 0.717) is 10.9 Å². The van der Waals surface area contributed by atoms with Gasteiger partial charge in [-0.1, -0.05) is 0 Å². The Morgan fingerprint density at radius 2 is 1.00 bits per heavy atom. The molecule has 0 unspecified atom stereocenters. The molecule has 0 rings (SSSR count). The maximum atomic E-state index is 10.7. The van der Waals surface area contributed by atoms with Crippen LogP contribution < -0.4 is 0 Å². The second kappa shape index (κ2) is 10.1. The van der Waals surface area contributed by atoms with Crippen molar-refractivity contribution in [2.75, 3.05) is 46.0 Å². The molecule has 0 bridgehead atoms. The average molecular weight is 447 g/mol. The number of quaternary nitrogens is 1. The third kappa shape index (κ3) is 19.9. The Bertz CT molecular complexity index is 534. The smallest absolute Gasteiger partial charge is 0.485 e. The van der Waals surface area contributed by atoms with Gasteiger partial charge in [-0.2, -0.15) is 26.3 Å². The van der Waals surface area contributed by atoms with Gasteiger partial charge in [-0.25, -0.2) is 16.8 Å². The predicted molar refractivity (Wildman–Crippen MR) is 78.5 cm³/mol. The molecule has 0 aromatic heterocycles. The fourth-order valence-electron chi connectivity index (χ4n) is 0.456. The van der Waals surface area contributed by atoms with Crippen LogP contribution in [0.3, 0.4) is 0 Å². The number of halogens is 6. The summed E-state index contributed by atoms with van der Waals surface area (Å²) in [6.45, 7) is 1.30. The minimum Gasteiger partial charge on any atom is -0.741 e. The lowest BCUT2D eigenvalue weighted by molar-refractivity contribution is -0.867. The van der Waals surface area contributed by atoms with Crippen molar-refractivity contribution in [3.05, 3.63) is 0 Å². The summed E-state index contributed by atoms with van der Waals surface area (Å²) in [6.07, 6.45) is 4.60. The lowest BCUT2D eigenvalue weighted by Gasteiger charge is -2.22. The summed E-state index contributed by atoms with van der Waals surface area (Å²) in [5.74, 6) is 1.36. The second-order valence-electron chi connectivity index (χ2n) is 5.50. The van der Waals surface area contributed by atoms with Crippen LogP contribution in [0.4, 0.5) is 26.3 Å². The van der Waals surface area contributed by atoms with Crippen molar-refractivity contribution in [1.82, 2.24) is 0 Å². The molecular weight excluding hydrogens is 428 g/mol. The van der Waals surface area contributed by atoms with E-state index < -0.39 is 31.3 Å². The van der Waals surface area contributed by atoms with E-state index in [1.807, 2.05) is 0 Å². The van der Waals surface area contributed by atoms with Crippen LogP contribution in [0.15, 0.2) is 0 Å². The molecule has 0 amide bonds. The second-order valence-corrected chi connectivity index (χ2v) is 10.6. The molecule has 0 fully saturated rings. The van der Waals surface area contributed by atoms with Crippen molar-refractivity contribution >= 4 is 31.1 Å². The normalized spacial score (nSPS) is 13.5. The van der Waals surface area contributed by atoms with Crippen LogP contribution in [0.1, 0.15) is 0 Å². The first-order chi connectivity index (χ1) is 10.4. The fraction of sp³-hybridized carbons (Fsp3) is 1.00. The summed E-state index contributed by atoms with van der Waals surface area (Å²) in [4.78, 5) is 0. The first kappa shape index (κ1) is 29.5. The monoisotopic (exact) mass is 447 g/mol.